The molecule has 0 heterocycles. The molecule has 0 radical (unpaired) electrons. The average Bonchev–Trinajstić information content (AvgIpc) is 2.46. The highest BCUT2D eigenvalue weighted by Crippen LogP contribution is 2.13. The number of amidine groups is 1. The number of nitrogens with two attached hydrogens (primary N) is 2. The van der Waals surface area contributed by atoms with Crippen LogP contribution < -0.4 is 16.3 Å². The van der Waals surface area contributed by atoms with Gasteiger partial charge in [-0.15, -0.1) is 0 Å². The largest absolute Gasteiger partial charge is 0.494 e. The summed E-state index contributed by atoms with van der Waals surface area (Å²) >= 11 is 0. The SMILES string of the molecule is CCCCCCCCOc1ccc(C(N)=NN)cc1. The Morgan fingerprint density at radius 1 is 1.05 bits per heavy atom. The Labute approximate surface area is 115 Å². The van der Waals surface area contributed by atoms with E-state index in [1.807, 2.05) is 24.3 Å². The topological polar surface area (TPSA) is 73.6 Å². The minimum absolute atomic E-state index is 0.336. The second-order valence-corrected chi connectivity index (χ2v) is 4.65. The number of hydrazone groups is 1. The van der Waals surface area contributed by atoms with Gasteiger partial charge in [0.25, 0.3) is 0 Å². The number of unbranched alkanes of at least 4 members (excludes halogenated alkanes) is 5. The van der Waals surface area contributed by atoms with Crippen LogP contribution in [0.3, 0.4) is 0 Å². The van der Waals surface area contributed by atoms with Crippen molar-refractivity contribution in [3.05, 3.63) is 29.8 Å². The fraction of sp³-hybridized carbons (Fsp3) is 0.533. The predicted molar refractivity (Wildman–Crippen MR) is 80.2 cm³/mol. The molecule has 1 aromatic carbocycles. The van der Waals surface area contributed by atoms with Crippen molar-refractivity contribution in [2.75, 3.05) is 6.61 Å². The van der Waals surface area contributed by atoms with Crippen LogP contribution in [0.2, 0.25) is 0 Å². The Hall–Kier alpha value is -1.71. The Bertz CT molecular complexity index is 373. The molecule has 106 valence electrons. The number of nitrogens with zero attached hydrogens (tertiary/aromatic N) is 1. The summed E-state index contributed by atoms with van der Waals surface area (Å²) in [6.07, 6.45) is 7.62. The highest BCUT2D eigenvalue weighted by Gasteiger charge is 1.99. The first-order chi connectivity index (χ1) is 9.27. The van der Waals surface area contributed by atoms with E-state index in [9.17, 15) is 0 Å². The summed E-state index contributed by atoms with van der Waals surface area (Å²) in [5, 5.41) is 3.45. The summed E-state index contributed by atoms with van der Waals surface area (Å²) in [6.45, 7) is 3.00. The lowest BCUT2D eigenvalue weighted by Crippen LogP contribution is -2.15. The molecule has 0 spiro atoms. The molecule has 1 rings (SSSR count). The lowest BCUT2D eigenvalue weighted by Gasteiger charge is -2.07. The third-order valence-corrected chi connectivity index (χ3v) is 3.06. The van der Waals surface area contributed by atoms with Crippen LogP contribution in [0.25, 0.3) is 0 Å². The van der Waals surface area contributed by atoms with Gasteiger partial charge in [0.1, 0.15) is 11.6 Å². The van der Waals surface area contributed by atoms with E-state index in [2.05, 4.69) is 12.0 Å². The van der Waals surface area contributed by atoms with Crippen LogP contribution >= 0.6 is 0 Å². The standard InChI is InChI=1S/C15H25N3O/c1-2-3-4-5-6-7-12-19-14-10-8-13(9-11-14)15(16)18-17/h8-11H,2-7,12,17H2,1H3,(H2,16,18). The number of benzene rings is 1. The summed E-state index contributed by atoms with van der Waals surface area (Å²) in [5.41, 5.74) is 6.42. The van der Waals surface area contributed by atoms with Gasteiger partial charge < -0.3 is 16.3 Å². The maximum atomic E-state index is 5.67. The van der Waals surface area contributed by atoms with E-state index in [1.165, 1.54) is 32.1 Å². The lowest BCUT2D eigenvalue weighted by atomic mass is 10.1. The molecule has 0 aliphatic rings. The molecule has 0 saturated heterocycles. The third kappa shape index (κ3) is 6.13. The molecule has 0 aliphatic carbocycles. The molecule has 0 bridgehead atoms. The highest BCUT2D eigenvalue weighted by molar-refractivity contribution is 5.97. The molecule has 0 aromatic heterocycles. The van der Waals surface area contributed by atoms with Gasteiger partial charge in [-0.3, -0.25) is 0 Å². The quantitative estimate of drug-likeness (QED) is 0.236. The predicted octanol–water partition coefficient (Wildman–Crippen LogP) is 3.00. The molecule has 4 heteroatoms. The molecular weight excluding hydrogens is 238 g/mol. The van der Waals surface area contributed by atoms with Crippen molar-refractivity contribution in [1.82, 2.24) is 0 Å². The van der Waals surface area contributed by atoms with Gasteiger partial charge >= 0.3 is 0 Å². The van der Waals surface area contributed by atoms with Crippen molar-refractivity contribution < 1.29 is 4.74 Å². The van der Waals surface area contributed by atoms with Crippen molar-refractivity contribution in [2.24, 2.45) is 16.7 Å². The van der Waals surface area contributed by atoms with Gasteiger partial charge in [-0.25, -0.2) is 0 Å². The molecule has 4 N–H and O–H groups in total. The molecule has 0 saturated carbocycles. The van der Waals surface area contributed by atoms with Crippen LogP contribution in [0.4, 0.5) is 0 Å². The average molecular weight is 263 g/mol. The molecule has 19 heavy (non-hydrogen) atoms. The molecule has 0 aliphatic heterocycles. The Kier molecular flexibility index (Phi) is 7.47. The van der Waals surface area contributed by atoms with Crippen molar-refractivity contribution >= 4 is 5.84 Å². The molecule has 1 aromatic rings. The number of rotatable bonds is 9. The Morgan fingerprint density at radius 2 is 1.68 bits per heavy atom. The van der Waals surface area contributed by atoms with Gasteiger partial charge in [-0.2, -0.15) is 5.10 Å². The van der Waals surface area contributed by atoms with E-state index in [1.54, 1.807) is 0 Å². The van der Waals surface area contributed by atoms with Crippen molar-refractivity contribution in [2.45, 2.75) is 45.4 Å². The number of hydrogen-bond donors (Lipinski definition) is 2. The summed E-state index contributed by atoms with van der Waals surface area (Å²) < 4.78 is 5.67. The molecular formula is C15H25N3O. The minimum Gasteiger partial charge on any atom is -0.494 e. The normalized spacial score (nSPS) is 11.5. The van der Waals surface area contributed by atoms with Crippen LogP contribution in [0.15, 0.2) is 29.4 Å². The maximum Gasteiger partial charge on any atom is 0.150 e. The van der Waals surface area contributed by atoms with Crippen LogP contribution in [-0.4, -0.2) is 12.4 Å². The Morgan fingerprint density at radius 3 is 2.32 bits per heavy atom. The van der Waals surface area contributed by atoms with Crippen LogP contribution in [0, 0.1) is 0 Å². The second-order valence-electron chi connectivity index (χ2n) is 4.65. The van der Waals surface area contributed by atoms with E-state index in [4.69, 9.17) is 16.3 Å². The first-order valence-electron chi connectivity index (χ1n) is 7.04. The first kappa shape index (κ1) is 15.3. The van der Waals surface area contributed by atoms with Crippen LogP contribution in [0.1, 0.15) is 51.0 Å². The van der Waals surface area contributed by atoms with Crippen molar-refractivity contribution in [3.63, 3.8) is 0 Å². The van der Waals surface area contributed by atoms with Crippen molar-refractivity contribution in [1.29, 1.82) is 0 Å². The summed E-state index contributed by atoms with van der Waals surface area (Å²) in [7, 11) is 0. The summed E-state index contributed by atoms with van der Waals surface area (Å²) in [6, 6.07) is 7.51. The fourth-order valence-electron chi connectivity index (χ4n) is 1.87. The Balaban J connectivity index is 2.19. The van der Waals surface area contributed by atoms with Gasteiger partial charge in [-0.1, -0.05) is 39.0 Å². The van der Waals surface area contributed by atoms with Crippen LogP contribution in [-0.2, 0) is 0 Å². The fourth-order valence-corrected chi connectivity index (χ4v) is 1.87. The molecule has 0 atom stereocenters. The van der Waals surface area contributed by atoms with Crippen molar-refractivity contribution in [3.8, 4) is 5.75 Å². The smallest absolute Gasteiger partial charge is 0.150 e. The van der Waals surface area contributed by atoms with Gasteiger partial charge in [0, 0.05) is 5.56 Å². The monoisotopic (exact) mass is 263 g/mol. The molecule has 0 amide bonds. The van der Waals surface area contributed by atoms with E-state index in [0.717, 1.165) is 24.3 Å². The molecule has 4 nitrogen and oxygen atoms in total. The zero-order valence-electron chi connectivity index (χ0n) is 11.8. The zero-order valence-corrected chi connectivity index (χ0v) is 11.8. The minimum atomic E-state index is 0.336. The molecule has 0 fully saturated rings. The third-order valence-electron chi connectivity index (χ3n) is 3.06. The van der Waals surface area contributed by atoms with E-state index >= 15 is 0 Å². The van der Waals surface area contributed by atoms with E-state index < -0.39 is 0 Å². The van der Waals surface area contributed by atoms with Gasteiger partial charge in [-0.05, 0) is 30.7 Å². The molecule has 0 unspecified atom stereocenters. The lowest BCUT2D eigenvalue weighted by molar-refractivity contribution is 0.304. The summed E-state index contributed by atoms with van der Waals surface area (Å²) in [5.74, 6) is 6.32. The first-order valence-corrected chi connectivity index (χ1v) is 7.04. The van der Waals surface area contributed by atoms with Gasteiger partial charge in [0.15, 0.2) is 0 Å². The second kappa shape index (κ2) is 9.25. The zero-order chi connectivity index (χ0) is 13.9. The van der Waals surface area contributed by atoms with E-state index in [0.29, 0.717) is 5.84 Å². The van der Waals surface area contributed by atoms with Gasteiger partial charge in [0.05, 0.1) is 6.61 Å². The van der Waals surface area contributed by atoms with Gasteiger partial charge in [0.2, 0.25) is 0 Å². The number of hydrogen-bond acceptors (Lipinski definition) is 3. The van der Waals surface area contributed by atoms with Crippen LogP contribution in [0.5, 0.6) is 5.75 Å². The highest BCUT2D eigenvalue weighted by atomic mass is 16.5. The number of ether oxygens (including phenoxy) is 1. The van der Waals surface area contributed by atoms with E-state index in [-0.39, 0.29) is 0 Å². The maximum absolute atomic E-state index is 5.67. The summed E-state index contributed by atoms with van der Waals surface area (Å²) in [4.78, 5) is 0.